The van der Waals surface area contributed by atoms with E-state index in [1.807, 2.05) is 24.8 Å². The maximum Gasteiger partial charge on any atom is 0.334 e. The van der Waals surface area contributed by atoms with E-state index in [1.54, 1.807) is 36.2 Å². The van der Waals surface area contributed by atoms with E-state index in [0.717, 1.165) is 25.9 Å². The van der Waals surface area contributed by atoms with Crippen LogP contribution in [0.25, 0.3) is 0 Å². The molecule has 0 amide bonds. The average Bonchev–Trinajstić information content (AvgIpc) is 3.29. The van der Waals surface area contributed by atoms with Crippen LogP contribution in [0.4, 0.5) is 10.1 Å². The Morgan fingerprint density at radius 3 is 2.41 bits per heavy atom. The lowest BCUT2D eigenvalue weighted by molar-refractivity contribution is -0.137. The van der Waals surface area contributed by atoms with Gasteiger partial charge < -0.3 is 20.3 Å². The van der Waals surface area contributed by atoms with Crippen LogP contribution in [0.1, 0.15) is 37.8 Å². The standard InChI is InChI=1S/C24H30FN5O2/c1-15(2)21(29(3)18-8-6-7-16(13-18)22(26)27)24(31)32-20-10-9-17(14-19(20)25)23(28)30-11-4-5-12-30/h6-10,13-15,21,28H,4-5,11-12H2,1-3H3,(H3,26,27)/t21-/m0/s1. The third kappa shape index (κ3) is 5.07. The summed E-state index contributed by atoms with van der Waals surface area (Å²) in [4.78, 5) is 16.7. The van der Waals surface area contributed by atoms with E-state index in [0.29, 0.717) is 16.8 Å². The number of carbonyl (C=O) groups excluding carboxylic acids is 1. The van der Waals surface area contributed by atoms with Crippen LogP contribution in [0.15, 0.2) is 42.5 Å². The Balaban J connectivity index is 1.78. The lowest BCUT2D eigenvalue weighted by Crippen LogP contribution is -2.45. The van der Waals surface area contributed by atoms with Gasteiger partial charge in [0.25, 0.3) is 0 Å². The lowest BCUT2D eigenvalue weighted by Gasteiger charge is -2.31. The van der Waals surface area contributed by atoms with Gasteiger partial charge in [0.1, 0.15) is 17.7 Å². The molecule has 4 N–H and O–H groups in total. The highest BCUT2D eigenvalue weighted by Crippen LogP contribution is 2.25. The summed E-state index contributed by atoms with van der Waals surface area (Å²) in [6.07, 6.45) is 2.06. The number of nitrogen functional groups attached to an aromatic ring is 1. The number of halogens is 1. The number of likely N-dealkylation sites (tertiary alicyclic amines) is 1. The van der Waals surface area contributed by atoms with Gasteiger partial charge in [-0.3, -0.25) is 10.8 Å². The van der Waals surface area contributed by atoms with Crippen LogP contribution >= 0.6 is 0 Å². The molecule has 3 rings (SSSR count). The van der Waals surface area contributed by atoms with Gasteiger partial charge in [-0.2, -0.15) is 0 Å². The Hall–Kier alpha value is -3.42. The fourth-order valence-electron chi connectivity index (χ4n) is 3.95. The maximum absolute atomic E-state index is 14.7. The zero-order valence-corrected chi connectivity index (χ0v) is 18.7. The average molecular weight is 440 g/mol. The summed E-state index contributed by atoms with van der Waals surface area (Å²) in [6.45, 7) is 5.36. The molecule has 0 unspecified atom stereocenters. The molecule has 1 heterocycles. The zero-order valence-electron chi connectivity index (χ0n) is 18.7. The number of anilines is 1. The second-order valence-electron chi connectivity index (χ2n) is 8.37. The fourth-order valence-corrected chi connectivity index (χ4v) is 3.95. The number of rotatable bonds is 7. The molecule has 1 fully saturated rings. The first-order chi connectivity index (χ1) is 15.2. The molecule has 1 aliphatic heterocycles. The van der Waals surface area contributed by atoms with Gasteiger partial charge in [-0.05, 0) is 49.1 Å². The molecule has 1 aliphatic rings. The molecule has 1 saturated heterocycles. The highest BCUT2D eigenvalue weighted by atomic mass is 19.1. The number of carbonyl (C=O) groups is 1. The van der Waals surface area contributed by atoms with Crippen molar-refractivity contribution in [2.75, 3.05) is 25.0 Å². The van der Waals surface area contributed by atoms with Crippen LogP contribution < -0.4 is 15.4 Å². The minimum atomic E-state index is -0.681. The van der Waals surface area contributed by atoms with Crippen molar-refractivity contribution in [2.45, 2.75) is 32.7 Å². The highest BCUT2D eigenvalue weighted by Gasteiger charge is 2.30. The van der Waals surface area contributed by atoms with Crippen LogP contribution in [0.2, 0.25) is 0 Å². The normalized spacial score (nSPS) is 14.3. The van der Waals surface area contributed by atoms with E-state index in [1.165, 1.54) is 12.1 Å². The molecule has 170 valence electrons. The van der Waals surface area contributed by atoms with Crippen molar-refractivity contribution in [3.8, 4) is 5.75 Å². The summed E-state index contributed by atoms with van der Waals surface area (Å²) < 4.78 is 20.2. The maximum atomic E-state index is 14.7. The highest BCUT2D eigenvalue weighted by molar-refractivity contribution is 5.97. The van der Waals surface area contributed by atoms with Crippen molar-refractivity contribution >= 4 is 23.3 Å². The van der Waals surface area contributed by atoms with Crippen LogP contribution in [0.3, 0.4) is 0 Å². The molecule has 0 aromatic heterocycles. The first-order valence-electron chi connectivity index (χ1n) is 10.7. The molecule has 0 saturated carbocycles. The number of nitrogens with two attached hydrogens (primary N) is 1. The molecule has 2 aromatic rings. The Bertz CT molecular complexity index is 1020. The Morgan fingerprint density at radius 2 is 1.81 bits per heavy atom. The number of amidine groups is 2. The number of esters is 1. The predicted octanol–water partition coefficient (Wildman–Crippen LogP) is 3.60. The third-order valence-electron chi connectivity index (χ3n) is 5.69. The zero-order chi connectivity index (χ0) is 23.4. The molecule has 0 aliphatic carbocycles. The van der Waals surface area contributed by atoms with Gasteiger partial charge in [-0.1, -0.05) is 26.0 Å². The smallest absolute Gasteiger partial charge is 0.334 e. The predicted molar refractivity (Wildman–Crippen MR) is 124 cm³/mol. The number of nitrogens with one attached hydrogen (secondary N) is 2. The number of nitrogens with zero attached hydrogens (tertiary/aromatic N) is 2. The van der Waals surface area contributed by atoms with Crippen molar-refractivity contribution in [3.05, 3.63) is 59.4 Å². The van der Waals surface area contributed by atoms with Gasteiger partial charge in [0.05, 0.1) is 0 Å². The van der Waals surface area contributed by atoms with E-state index >= 15 is 0 Å². The second-order valence-corrected chi connectivity index (χ2v) is 8.37. The van der Waals surface area contributed by atoms with Gasteiger partial charge in [-0.15, -0.1) is 0 Å². The van der Waals surface area contributed by atoms with Crippen LogP contribution in [0, 0.1) is 22.6 Å². The van der Waals surface area contributed by atoms with Gasteiger partial charge >= 0.3 is 5.97 Å². The fraction of sp³-hybridized carbons (Fsp3) is 0.375. The summed E-state index contributed by atoms with van der Waals surface area (Å²) >= 11 is 0. The van der Waals surface area contributed by atoms with Crippen LogP contribution in [-0.4, -0.2) is 48.7 Å². The Labute approximate surface area is 188 Å². The monoisotopic (exact) mass is 439 g/mol. The van der Waals surface area contributed by atoms with Crippen molar-refractivity contribution in [1.82, 2.24) is 4.90 Å². The quantitative estimate of drug-likeness (QED) is 0.265. The lowest BCUT2D eigenvalue weighted by atomic mass is 10.0. The van der Waals surface area contributed by atoms with Gasteiger partial charge in [0.15, 0.2) is 11.6 Å². The van der Waals surface area contributed by atoms with Gasteiger partial charge in [-0.25, -0.2) is 9.18 Å². The van der Waals surface area contributed by atoms with Crippen LogP contribution in [-0.2, 0) is 4.79 Å². The first kappa shape index (κ1) is 23.2. The Morgan fingerprint density at radius 1 is 1.12 bits per heavy atom. The second kappa shape index (κ2) is 9.80. The molecular formula is C24H30FN5O2. The van der Waals surface area contributed by atoms with Crippen molar-refractivity contribution in [1.29, 1.82) is 10.8 Å². The van der Waals surface area contributed by atoms with E-state index < -0.39 is 17.8 Å². The SMILES string of the molecule is CC(C)[C@@H](C(=O)Oc1ccc(C(=N)N2CCCC2)cc1F)N(C)c1cccc(C(=N)N)c1. The molecule has 8 heteroatoms. The van der Waals surface area contributed by atoms with Crippen LogP contribution in [0.5, 0.6) is 5.75 Å². The molecule has 0 bridgehead atoms. The minimum absolute atomic E-state index is 0.0643. The number of ether oxygens (including phenoxy) is 1. The molecule has 0 spiro atoms. The summed E-state index contributed by atoms with van der Waals surface area (Å²) in [5.74, 6) is -1.33. The molecular weight excluding hydrogens is 409 g/mol. The molecule has 7 nitrogen and oxygen atoms in total. The van der Waals surface area contributed by atoms with Crippen molar-refractivity contribution in [2.24, 2.45) is 11.7 Å². The summed E-state index contributed by atoms with van der Waals surface area (Å²) in [5, 5.41) is 15.9. The third-order valence-corrected chi connectivity index (χ3v) is 5.69. The van der Waals surface area contributed by atoms with Gasteiger partial charge in [0.2, 0.25) is 0 Å². The number of benzene rings is 2. The summed E-state index contributed by atoms with van der Waals surface area (Å²) in [5.41, 5.74) is 7.29. The van der Waals surface area contributed by atoms with E-state index in [4.69, 9.17) is 21.3 Å². The first-order valence-corrected chi connectivity index (χ1v) is 10.7. The largest absolute Gasteiger partial charge is 0.422 e. The molecule has 2 aromatic carbocycles. The van der Waals surface area contributed by atoms with Crippen molar-refractivity contribution < 1.29 is 13.9 Å². The van der Waals surface area contributed by atoms with E-state index in [-0.39, 0.29) is 23.3 Å². The topological polar surface area (TPSA) is 107 Å². The molecule has 32 heavy (non-hydrogen) atoms. The minimum Gasteiger partial charge on any atom is -0.422 e. The molecule has 1 atom stereocenters. The van der Waals surface area contributed by atoms with Gasteiger partial charge in [0, 0.05) is 37.0 Å². The van der Waals surface area contributed by atoms with E-state index in [2.05, 4.69) is 0 Å². The number of hydrogen-bond acceptors (Lipinski definition) is 5. The summed E-state index contributed by atoms with van der Waals surface area (Å²) in [7, 11) is 1.75. The van der Waals surface area contributed by atoms with Crippen molar-refractivity contribution in [3.63, 3.8) is 0 Å². The van der Waals surface area contributed by atoms with E-state index in [9.17, 15) is 9.18 Å². The summed E-state index contributed by atoms with van der Waals surface area (Å²) in [6, 6.07) is 10.6. The Kier molecular flexibility index (Phi) is 7.12. The number of likely N-dealkylation sites (N-methyl/N-ethyl adjacent to an activating group) is 1. The molecule has 0 radical (unpaired) electrons. The number of hydrogen-bond donors (Lipinski definition) is 3.